The Kier molecular flexibility index (Phi) is 7.05. The maximum absolute atomic E-state index is 16.8. The SMILES string of the molecule is C=C1CN2CCC[C@@]2(COc2nc3c4c(c(Cl)c(-c5nc(N)cc(C)c5C(F)(F)F)c(F)c4n2)OCCN3C2CCNC2)C1. The van der Waals surface area contributed by atoms with E-state index in [2.05, 4.69) is 26.8 Å². The van der Waals surface area contributed by atoms with Crippen LogP contribution in [0.15, 0.2) is 18.2 Å². The average molecular weight is 634 g/mol. The Bertz CT molecular complexity index is 1680. The van der Waals surface area contributed by atoms with Crippen LogP contribution in [0.4, 0.5) is 29.2 Å². The van der Waals surface area contributed by atoms with Gasteiger partial charge >= 0.3 is 12.2 Å². The number of rotatable bonds is 5. The van der Waals surface area contributed by atoms with Gasteiger partial charge in [0.2, 0.25) is 0 Å². The normalized spacial score (nSPS) is 23.7. The predicted molar refractivity (Wildman–Crippen MR) is 159 cm³/mol. The largest absolute Gasteiger partial charge is 0.489 e. The molecule has 7 rings (SSSR count). The molecule has 1 aromatic carbocycles. The number of ether oxygens (including phenoxy) is 2. The van der Waals surface area contributed by atoms with E-state index in [9.17, 15) is 13.2 Å². The summed E-state index contributed by atoms with van der Waals surface area (Å²) in [6.45, 7) is 9.40. The highest BCUT2D eigenvalue weighted by Crippen LogP contribution is 2.50. The molecule has 0 radical (unpaired) electrons. The van der Waals surface area contributed by atoms with Crippen LogP contribution in [0.25, 0.3) is 22.2 Å². The molecule has 3 fully saturated rings. The van der Waals surface area contributed by atoms with Gasteiger partial charge in [-0.05, 0) is 57.3 Å². The molecule has 0 bridgehead atoms. The Morgan fingerprint density at radius 3 is 2.84 bits per heavy atom. The third kappa shape index (κ3) is 4.71. The van der Waals surface area contributed by atoms with Crippen molar-refractivity contribution < 1.29 is 27.0 Å². The molecule has 234 valence electrons. The molecule has 0 spiro atoms. The van der Waals surface area contributed by atoms with Crippen LogP contribution in [-0.2, 0) is 6.18 Å². The molecule has 2 atom stereocenters. The summed E-state index contributed by atoms with van der Waals surface area (Å²) >= 11 is 6.76. The zero-order valence-electron chi connectivity index (χ0n) is 24.2. The van der Waals surface area contributed by atoms with E-state index in [1.54, 1.807) is 0 Å². The Hall–Kier alpha value is -3.42. The molecule has 0 saturated carbocycles. The zero-order valence-corrected chi connectivity index (χ0v) is 24.9. The lowest BCUT2D eigenvalue weighted by Gasteiger charge is -2.31. The first-order chi connectivity index (χ1) is 21.0. The molecule has 1 unspecified atom stereocenters. The molecule has 0 amide bonds. The van der Waals surface area contributed by atoms with E-state index in [0.29, 0.717) is 18.9 Å². The van der Waals surface area contributed by atoms with Gasteiger partial charge in [0.25, 0.3) is 0 Å². The van der Waals surface area contributed by atoms with E-state index in [1.165, 1.54) is 6.92 Å². The van der Waals surface area contributed by atoms with E-state index in [1.807, 2.05) is 4.90 Å². The number of anilines is 2. The molecule has 14 heteroatoms. The van der Waals surface area contributed by atoms with Crippen LogP contribution in [-0.4, -0.2) is 77.4 Å². The number of aryl methyl sites for hydroxylation is 1. The number of alkyl halides is 3. The Morgan fingerprint density at radius 2 is 2.09 bits per heavy atom. The fraction of sp³-hybridized carbons (Fsp3) is 0.500. The van der Waals surface area contributed by atoms with Crippen molar-refractivity contribution in [2.45, 2.75) is 50.4 Å². The van der Waals surface area contributed by atoms with Crippen LogP contribution in [0.2, 0.25) is 5.02 Å². The van der Waals surface area contributed by atoms with Gasteiger partial charge < -0.3 is 25.4 Å². The Morgan fingerprint density at radius 1 is 1.27 bits per heavy atom. The maximum atomic E-state index is 16.8. The number of halogens is 5. The molecular formula is C30H32ClF4N7O2. The maximum Gasteiger partial charge on any atom is 0.418 e. The molecule has 0 aliphatic carbocycles. The van der Waals surface area contributed by atoms with E-state index in [-0.39, 0.29) is 63.9 Å². The summed E-state index contributed by atoms with van der Waals surface area (Å²) in [6.07, 6.45) is -1.34. The lowest BCUT2D eigenvalue weighted by atomic mass is 9.94. The van der Waals surface area contributed by atoms with Gasteiger partial charge in [-0.1, -0.05) is 23.8 Å². The number of hydrogen-bond donors (Lipinski definition) is 2. The van der Waals surface area contributed by atoms with Gasteiger partial charge in [-0.25, -0.2) is 9.37 Å². The second-order valence-electron chi connectivity index (χ2n) is 12.1. The number of nitrogens with two attached hydrogens (primary N) is 1. The fourth-order valence-corrected chi connectivity index (χ4v) is 7.67. The van der Waals surface area contributed by atoms with Crippen LogP contribution < -0.4 is 25.4 Å². The topological polar surface area (TPSA) is 102 Å². The van der Waals surface area contributed by atoms with E-state index in [0.717, 1.165) is 57.0 Å². The summed E-state index contributed by atoms with van der Waals surface area (Å²) in [7, 11) is 0. The number of nitrogen functional groups attached to an aromatic ring is 1. The van der Waals surface area contributed by atoms with Gasteiger partial charge in [-0.2, -0.15) is 23.1 Å². The van der Waals surface area contributed by atoms with E-state index < -0.39 is 28.8 Å². The van der Waals surface area contributed by atoms with Gasteiger partial charge in [-0.15, -0.1) is 0 Å². The molecule has 44 heavy (non-hydrogen) atoms. The highest BCUT2D eigenvalue weighted by molar-refractivity contribution is 6.36. The zero-order chi connectivity index (χ0) is 31.0. The first kappa shape index (κ1) is 29.3. The molecule has 6 heterocycles. The summed E-state index contributed by atoms with van der Waals surface area (Å²) in [4.78, 5) is 17.6. The first-order valence-corrected chi connectivity index (χ1v) is 15.1. The number of pyridine rings is 1. The summed E-state index contributed by atoms with van der Waals surface area (Å²) in [5, 5.41) is 3.16. The van der Waals surface area contributed by atoms with Crippen LogP contribution in [0.3, 0.4) is 0 Å². The molecule has 4 aliphatic heterocycles. The lowest BCUT2D eigenvalue weighted by molar-refractivity contribution is -0.137. The van der Waals surface area contributed by atoms with Gasteiger partial charge in [0.1, 0.15) is 30.4 Å². The highest BCUT2D eigenvalue weighted by atomic mass is 35.5. The van der Waals surface area contributed by atoms with E-state index in [4.69, 9.17) is 31.8 Å². The third-order valence-corrected chi connectivity index (χ3v) is 9.59. The lowest BCUT2D eigenvalue weighted by Crippen LogP contribution is -2.43. The monoisotopic (exact) mass is 633 g/mol. The quantitative estimate of drug-likeness (QED) is 0.293. The minimum atomic E-state index is -4.87. The highest BCUT2D eigenvalue weighted by Gasteiger charge is 2.47. The van der Waals surface area contributed by atoms with Crippen LogP contribution in [0, 0.1) is 12.7 Å². The summed E-state index contributed by atoms with van der Waals surface area (Å²) in [5.74, 6) is -0.938. The van der Waals surface area contributed by atoms with Crippen molar-refractivity contribution in [3.05, 3.63) is 40.2 Å². The van der Waals surface area contributed by atoms with Crippen molar-refractivity contribution in [3.63, 3.8) is 0 Å². The first-order valence-electron chi connectivity index (χ1n) is 14.7. The Balaban J connectivity index is 1.44. The van der Waals surface area contributed by atoms with Crippen molar-refractivity contribution in [2.75, 3.05) is 56.6 Å². The number of fused-ring (bicyclic) bond motifs is 1. The summed E-state index contributed by atoms with van der Waals surface area (Å²) < 4.78 is 72.2. The van der Waals surface area contributed by atoms with E-state index >= 15 is 4.39 Å². The second kappa shape index (κ2) is 10.6. The van der Waals surface area contributed by atoms with Crippen molar-refractivity contribution >= 4 is 34.1 Å². The number of benzene rings is 1. The van der Waals surface area contributed by atoms with Crippen molar-refractivity contribution in [2.24, 2.45) is 0 Å². The fourth-order valence-electron chi connectivity index (χ4n) is 7.35. The van der Waals surface area contributed by atoms with Gasteiger partial charge in [0.15, 0.2) is 11.6 Å². The van der Waals surface area contributed by atoms with Crippen LogP contribution >= 0.6 is 11.6 Å². The van der Waals surface area contributed by atoms with Crippen molar-refractivity contribution in [1.82, 2.24) is 25.2 Å². The minimum absolute atomic E-state index is 0.00395. The van der Waals surface area contributed by atoms with Crippen molar-refractivity contribution in [1.29, 1.82) is 0 Å². The molecule has 3 aromatic rings. The molecule has 3 N–H and O–H groups in total. The standard InChI is InChI=1S/C30H32ClF4N7O2/c1-15-11-29(5-3-7-41(29)13-15)14-44-28-39-25-20-26(43-9-8-42(27(20)40-28)17-4-6-37-12-17)22(31)19(23(25)32)24-21(30(33,34)35)16(2)10-18(36)38-24/h10,17,37H,1,3-9,11-14H2,2H3,(H2,36,38)/t17?,29-/m0/s1. The molecular weight excluding hydrogens is 602 g/mol. The van der Waals surface area contributed by atoms with Crippen LogP contribution in [0.1, 0.15) is 36.8 Å². The third-order valence-electron chi connectivity index (χ3n) is 9.23. The Labute approximate surface area is 256 Å². The molecule has 3 saturated heterocycles. The van der Waals surface area contributed by atoms with Gasteiger partial charge in [0, 0.05) is 19.1 Å². The number of nitrogens with one attached hydrogen (secondary N) is 1. The minimum Gasteiger partial charge on any atom is -0.489 e. The number of aromatic nitrogens is 3. The van der Waals surface area contributed by atoms with Gasteiger partial charge in [-0.3, -0.25) is 4.90 Å². The molecule has 4 aliphatic rings. The summed E-state index contributed by atoms with van der Waals surface area (Å²) in [6, 6.07) is 1.04. The van der Waals surface area contributed by atoms with Crippen LogP contribution in [0.5, 0.6) is 11.8 Å². The summed E-state index contributed by atoms with van der Waals surface area (Å²) in [5.41, 5.74) is 3.81. The van der Waals surface area contributed by atoms with Crippen molar-refractivity contribution in [3.8, 4) is 23.0 Å². The number of nitrogens with zero attached hydrogens (tertiary/aromatic N) is 5. The second-order valence-corrected chi connectivity index (χ2v) is 12.5. The predicted octanol–water partition coefficient (Wildman–Crippen LogP) is 5.13. The average Bonchev–Trinajstić information content (AvgIpc) is 3.64. The van der Waals surface area contributed by atoms with Gasteiger partial charge in [0.05, 0.1) is 39.3 Å². The smallest absolute Gasteiger partial charge is 0.418 e. The molecule has 2 aromatic heterocycles. The number of hydrogen-bond acceptors (Lipinski definition) is 9. The molecule has 9 nitrogen and oxygen atoms in total.